The van der Waals surface area contributed by atoms with Crippen molar-refractivity contribution in [2.75, 3.05) is 0 Å². The highest BCUT2D eigenvalue weighted by atomic mass is 14.9. The van der Waals surface area contributed by atoms with Crippen LogP contribution in [-0.4, -0.2) is 6.04 Å². The molecule has 0 aliphatic rings. The second-order valence-corrected chi connectivity index (χ2v) is 3.54. The standard InChI is InChI=1S/C10H21N.C2H6/c1-6-9(4)7-11-10(5)8(2)3;1-2/h7-8,10-11H,6H2,1-5H3;1-2H3. The highest BCUT2D eigenvalue weighted by molar-refractivity contribution is 4.95. The van der Waals surface area contributed by atoms with Gasteiger partial charge in [0.2, 0.25) is 0 Å². The Balaban J connectivity index is 0. The summed E-state index contributed by atoms with van der Waals surface area (Å²) in [7, 11) is 0. The van der Waals surface area contributed by atoms with Gasteiger partial charge in [0, 0.05) is 6.04 Å². The van der Waals surface area contributed by atoms with Gasteiger partial charge in [-0.1, -0.05) is 40.2 Å². The summed E-state index contributed by atoms with van der Waals surface area (Å²) in [5.41, 5.74) is 1.41. The van der Waals surface area contributed by atoms with Crippen molar-refractivity contribution >= 4 is 0 Å². The predicted octanol–water partition coefficient (Wildman–Crippen LogP) is 3.96. The van der Waals surface area contributed by atoms with Crippen LogP contribution >= 0.6 is 0 Å². The Morgan fingerprint density at radius 2 is 1.69 bits per heavy atom. The maximum absolute atomic E-state index is 3.37. The summed E-state index contributed by atoms with van der Waals surface area (Å²) in [6, 6.07) is 0.580. The van der Waals surface area contributed by atoms with Gasteiger partial charge < -0.3 is 5.32 Å². The monoisotopic (exact) mass is 185 g/mol. The Morgan fingerprint density at radius 1 is 1.23 bits per heavy atom. The van der Waals surface area contributed by atoms with E-state index in [0.29, 0.717) is 12.0 Å². The molecule has 0 fully saturated rings. The van der Waals surface area contributed by atoms with E-state index >= 15 is 0 Å². The molecule has 0 aliphatic heterocycles. The van der Waals surface area contributed by atoms with E-state index in [0.717, 1.165) is 6.42 Å². The van der Waals surface area contributed by atoms with Crippen molar-refractivity contribution in [2.45, 2.75) is 60.9 Å². The molecule has 0 aromatic rings. The van der Waals surface area contributed by atoms with E-state index in [2.05, 4.69) is 46.1 Å². The van der Waals surface area contributed by atoms with E-state index in [1.165, 1.54) is 5.57 Å². The minimum absolute atomic E-state index is 0.580. The van der Waals surface area contributed by atoms with Gasteiger partial charge >= 0.3 is 0 Å². The van der Waals surface area contributed by atoms with Gasteiger partial charge in [-0.15, -0.1) is 0 Å². The highest BCUT2D eigenvalue weighted by Gasteiger charge is 2.02. The molecule has 0 radical (unpaired) electrons. The smallest absolute Gasteiger partial charge is 0.0250 e. The van der Waals surface area contributed by atoms with Gasteiger partial charge in [-0.25, -0.2) is 0 Å². The van der Waals surface area contributed by atoms with Crippen LogP contribution in [-0.2, 0) is 0 Å². The summed E-state index contributed by atoms with van der Waals surface area (Å²) >= 11 is 0. The average Bonchev–Trinajstić information content (AvgIpc) is 2.16. The Morgan fingerprint density at radius 3 is 2.00 bits per heavy atom. The maximum atomic E-state index is 3.37. The molecule has 0 aromatic heterocycles. The van der Waals surface area contributed by atoms with Gasteiger partial charge in [0.25, 0.3) is 0 Å². The Kier molecular flexibility index (Phi) is 11.1. The first-order valence-electron chi connectivity index (χ1n) is 5.49. The van der Waals surface area contributed by atoms with Crippen LogP contribution in [0.15, 0.2) is 11.8 Å². The minimum atomic E-state index is 0.580. The topological polar surface area (TPSA) is 12.0 Å². The van der Waals surface area contributed by atoms with Gasteiger partial charge in [-0.3, -0.25) is 0 Å². The van der Waals surface area contributed by atoms with Gasteiger partial charge in [0.15, 0.2) is 0 Å². The molecule has 0 saturated carbocycles. The summed E-state index contributed by atoms with van der Waals surface area (Å²) in [6.07, 6.45) is 3.27. The molecule has 1 N–H and O–H groups in total. The first kappa shape index (κ1) is 15.0. The fourth-order valence-corrected chi connectivity index (χ4v) is 0.568. The molecule has 0 aromatic carbocycles. The van der Waals surface area contributed by atoms with Crippen molar-refractivity contribution in [2.24, 2.45) is 5.92 Å². The molecule has 0 spiro atoms. The zero-order chi connectivity index (χ0) is 10.9. The second kappa shape index (κ2) is 9.63. The molecular weight excluding hydrogens is 158 g/mol. The van der Waals surface area contributed by atoms with E-state index in [9.17, 15) is 0 Å². The lowest BCUT2D eigenvalue weighted by Crippen LogP contribution is -2.26. The summed E-state index contributed by atoms with van der Waals surface area (Å²) in [6.45, 7) is 15.0. The highest BCUT2D eigenvalue weighted by Crippen LogP contribution is 2.01. The van der Waals surface area contributed by atoms with Crippen LogP contribution in [0.5, 0.6) is 0 Å². The van der Waals surface area contributed by atoms with Crippen LogP contribution in [0.2, 0.25) is 0 Å². The van der Waals surface area contributed by atoms with Crippen LogP contribution in [0.3, 0.4) is 0 Å². The Bertz CT molecular complexity index is 125. The first-order valence-corrected chi connectivity index (χ1v) is 5.49. The van der Waals surface area contributed by atoms with E-state index in [4.69, 9.17) is 0 Å². The van der Waals surface area contributed by atoms with Crippen LogP contribution in [0, 0.1) is 5.92 Å². The molecule has 0 heterocycles. The first-order chi connectivity index (χ1) is 6.07. The molecule has 0 rings (SSSR count). The summed E-state index contributed by atoms with van der Waals surface area (Å²) in [5.74, 6) is 0.705. The number of rotatable bonds is 4. The fraction of sp³-hybridized carbons (Fsp3) is 0.833. The van der Waals surface area contributed by atoms with Crippen molar-refractivity contribution in [3.63, 3.8) is 0 Å². The number of hydrogen-bond donors (Lipinski definition) is 1. The fourth-order valence-electron chi connectivity index (χ4n) is 0.568. The second-order valence-electron chi connectivity index (χ2n) is 3.54. The SMILES string of the molecule is CC.CCC(C)=CNC(C)C(C)C. The Labute approximate surface area is 84.6 Å². The van der Waals surface area contributed by atoms with Crippen molar-refractivity contribution in [1.29, 1.82) is 0 Å². The lowest BCUT2D eigenvalue weighted by atomic mass is 10.1. The lowest BCUT2D eigenvalue weighted by Gasteiger charge is -2.16. The zero-order valence-corrected chi connectivity index (χ0v) is 10.4. The summed E-state index contributed by atoms with van der Waals surface area (Å²) in [4.78, 5) is 0. The number of nitrogens with one attached hydrogen (secondary N) is 1. The number of allylic oxidation sites excluding steroid dienone is 1. The Hall–Kier alpha value is -0.460. The van der Waals surface area contributed by atoms with E-state index in [-0.39, 0.29) is 0 Å². The molecule has 80 valence electrons. The van der Waals surface area contributed by atoms with Crippen LogP contribution in [0.25, 0.3) is 0 Å². The van der Waals surface area contributed by atoms with E-state index < -0.39 is 0 Å². The van der Waals surface area contributed by atoms with Crippen molar-refractivity contribution in [3.05, 3.63) is 11.8 Å². The molecule has 0 aliphatic carbocycles. The molecular formula is C12H27N. The third-order valence-corrected chi connectivity index (χ3v) is 2.15. The third kappa shape index (κ3) is 9.45. The normalized spacial score (nSPS) is 13.4. The van der Waals surface area contributed by atoms with Crippen LogP contribution in [0.1, 0.15) is 54.9 Å². The zero-order valence-electron chi connectivity index (χ0n) is 10.4. The van der Waals surface area contributed by atoms with Crippen molar-refractivity contribution in [3.8, 4) is 0 Å². The van der Waals surface area contributed by atoms with Gasteiger partial charge in [-0.05, 0) is 32.4 Å². The quantitative estimate of drug-likeness (QED) is 0.699. The van der Waals surface area contributed by atoms with Crippen molar-refractivity contribution in [1.82, 2.24) is 5.32 Å². The van der Waals surface area contributed by atoms with E-state index in [1.54, 1.807) is 0 Å². The molecule has 0 amide bonds. The van der Waals surface area contributed by atoms with Crippen LogP contribution in [0.4, 0.5) is 0 Å². The van der Waals surface area contributed by atoms with Gasteiger partial charge in [0.1, 0.15) is 0 Å². The minimum Gasteiger partial charge on any atom is -0.388 e. The lowest BCUT2D eigenvalue weighted by molar-refractivity contribution is 0.472. The molecule has 1 nitrogen and oxygen atoms in total. The van der Waals surface area contributed by atoms with Crippen LogP contribution < -0.4 is 5.32 Å². The predicted molar refractivity (Wildman–Crippen MR) is 62.8 cm³/mol. The average molecular weight is 185 g/mol. The summed E-state index contributed by atoms with van der Waals surface area (Å²) < 4.78 is 0. The third-order valence-electron chi connectivity index (χ3n) is 2.15. The van der Waals surface area contributed by atoms with Gasteiger partial charge in [0.05, 0.1) is 0 Å². The van der Waals surface area contributed by atoms with Crippen molar-refractivity contribution < 1.29 is 0 Å². The molecule has 1 unspecified atom stereocenters. The maximum Gasteiger partial charge on any atom is 0.0250 e. The molecule has 13 heavy (non-hydrogen) atoms. The molecule has 0 saturated heterocycles. The molecule has 1 heteroatoms. The molecule has 0 bridgehead atoms. The number of hydrogen-bond acceptors (Lipinski definition) is 1. The summed E-state index contributed by atoms with van der Waals surface area (Å²) in [5, 5.41) is 3.37. The largest absolute Gasteiger partial charge is 0.388 e. The molecule has 1 atom stereocenters. The van der Waals surface area contributed by atoms with Gasteiger partial charge in [-0.2, -0.15) is 0 Å². The van der Waals surface area contributed by atoms with E-state index in [1.807, 2.05) is 13.8 Å².